The fraction of sp³-hybridized carbons (Fsp3) is 0.727. The van der Waals surface area contributed by atoms with E-state index in [1.54, 1.807) is 4.57 Å². The molecule has 1 aliphatic heterocycles. The van der Waals surface area contributed by atoms with E-state index in [4.69, 9.17) is 4.74 Å². The van der Waals surface area contributed by atoms with Crippen molar-refractivity contribution in [3.05, 3.63) is 22.9 Å². The molecule has 82 valence electrons. The third-order valence-electron chi connectivity index (χ3n) is 3.24. The SMILES string of the molecule is O=c1n(CC2CCCO2)ccn1C1CC1. The molecule has 0 N–H and O–H groups in total. The Labute approximate surface area is 88.5 Å². The number of ether oxygens (including phenoxy) is 1. The van der Waals surface area contributed by atoms with Gasteiger partial charge in [-0.15, -0.1) is 0 Å². The van der Waals surface area contributed by atoms with E-state index in [0.29, 0.717) is 6.04 Å². The van der Waals surface area contributed by atoms with E-state index in [-0.39, 0.29) is 11.8 Å². The summed E-state index contributed by atoms with van der Waals surface area (Å²) >= 11 is 0. The lowest BCUT2D eigenvalue weighted by molar-refractivity contribution is 0.0960. The van der Waals surface area contributed by atoms with Crippen LogP contribution in [0.5, 0.6) is 0 Å². The molecule has 0 radical (unpaired) electrons. The lowest BCUT2D eigenvalue weighted by Crippen LogP contribution is -2.27. The summed E-state index contributed by atoms with van der Waals surface area (Å²) in [5.74, 6) is 0. The first-order valence-electron chi connectivity index (χ1n) is 5.73. The maximum atomic E-state index is 11.9. The highest BCUT2D eigenvalue weighted by Crippen LogP contribution is 2.33. The number of imidazole rings is 1. The molecule has 2 aliphatic rings. The highest BCUT2D eigenvalue weighted by Gasteiger charge is 2.26. The van der Waals surface area contributed by atoms with Crippen LogP contribution in [0, 0.1) is 0 Å². The predicted molar refractivity (Wildman–Crippen MR) is 55.9 cm³/mol. The average molecular weight is 208 g/mol. The molecule has 1 unspecified atom stereocenters. The van der Waals surface area contributed by atoms with Gasteiger partial charge in [-0.2, -0.15) is 0 Å². The average Bonchev–Trinajstić information content (AvgIpc) is 2.83. The third-order valence-corrected chi connectivity index (χ3v) is 3.24. The van der Waals surface area contributed by atoms with E-state index in [1.165, 1.54) is 0 Å². The molecule has 1 saturated heterocycles. The first-order valence-corrected chi connectivity index (χ1v) is 5.73. The Hall–Kier alpha value is -1.03. The van der Waals surface area contributed by atoms with Gasteiger partial charge in [-0.05, 0) is 25.7 Å². The van der Waals surface area contributed by atoms with Gasteiger partial charge in [0.25, 0.3) is 0 Å². The molecule has 0 bridgehead atoms. The molecule has 2 fully saturated rings. The van der Waals surface area contributed by atoms with Crippen molar-refractivity contribution in [2.75, 3.05) is 6.61 Å². The largest absolute Gasteiger partial charge is 0.376 e. The van der Waals surface area contributed by atoms with Gasteiger partial charge in [0.05, 0.1) is 12.6 Å². The van der Waals surface area contributed by atoms with Crippen molar-refractivity contribution in [2.45, 2.75) is 44.4 Å². The zero-order valence-electron chi connectivity index (χ0n) is 8.76. The normalized spacial score (nSPS) is 26.0. The summed E-state index contributed by atoms with van der Waals surface area (Å²) < 4.78 is 9.17. The minimum absolute atomic E-state index is 0.132. The van der Waals surface area contributed by atoms with Gasteiger partial charge in [0.15, 0.2) is 0 Å². The molecule has 2 heterocycles. The molecule has 0 spiro atoms. The van der Waals surface area contributed by atoms with E-state index < -0.39 is 0 Å². The second-order valence-electron chi connectivity index (χ2n) is 4.51. The Morgan fingerprint density at radius 3 is 2.87 bits per heavy atom. The molecule has 15 heavy (non-hydrogen) atoms. The molecular weight excluding hydrogens is 192 g/mol. The van der Waals surface area contributed by atoms with Gasteiger partial charge >= 0.3 is 5.69 Å². The standard InChI is InChI=1S/C11H16N2O2/c14-11-12(8-10-2-1-7-15-10)5-6-13(11)9-3-4-9/h5-6,9-10H,1-4,7-8H2. The maximum absolute atomic E-state index is 11.9. The fourth-order valence-corrected chi connectivity index (χ4v) is 2.21. The highest BCUT2D eigenvalue weighted by atomic mass is 16.5. The van der Waals surface area contributed by atoms with Crippen molar-refractivity contribution in [3.63, 3.8) is 0 Å². The van der Waals surface area contributed by atoms with E-state index >= 15 is 0 Å². The van der Waals surface area contributed by atoms with Crippen molar-refractivity contribution in [1.29, 1.82) is 0 Å². The van der Waals surface area contributed by atoms with Gasteiger partial charge in [-0.25, -0.2) is 4.79 Å². The molecule has 0 amide bonds. The summed E-state index contributed by atoms with van der Waals surface area (Å²) in [6, 6.07) is 0.475. The Kier molecular flexibility index (Phi) is 2.16. The Bertz CT molecular complexity index is 397. The van der Waals surface area contributed by atoms with E-state index in [1.807, 2.05) is 17.0 Å². The second-order valence-corrected chi connectivity index (χ2v) is 4.51. The summed E-state index contributed by atoms with van der Waals surface area (Å²) in [4.78, 5) is 11.9. The topological polar surface area (TPSA) is 36.2 Å². The summed E-state index contributed by atoms with van der Waals surface area (Å²) in [6.07, 6.45) is 8.58. The van der Waals surface area contributed by atoms with Crippen LogP contribution in [0.25, 0.3) is 0 Å². The van der Waals surface area contributed by atoms with Crippen molar-refractivity contribution in [3.8, 4) is 0 Å². The fourth-order valence-electron chi connectivity index (χ4n) is 2.21. The molecular formula is C11H16N2O2. The van der Waals surface area contributed by atoms with Crippen LogP contribution in [0.4, 0.5) is 0 Å². The Morgan fingerprint density at radius 2 is 2.20 bits per heavy atom. The number of hydrogen-bond donors (Lipinski definition) is 0. The molecule has 0 aromatic carbocycles. The van der Waals surface area contributed by atoms with E-state index in [2.05, 4.69) is 0 Å². The zero-order chi connectivity index (χ0) is 10.3. The van der Waals surface area contributed by atoms with Gasteiger partial charge in [0.2, 0.25) is 0 Å². The second kappa shape index (κ2) is 3.52. The van der Waals surface area contributed by atoms with Gasteiger partial charge in [0, 0.05) is 25.0 Å². The Balaban J connectivity index is 1.76. The monoisotopic (exact) mass is 208 g/mol. The molecule has 1 atom stereocenters. The summed E-state index contributed by atoms with van der Waals surface area (Å²) in [7, 11) is 0. The zero-order valence-corrected chi connectivity index (χ0v) is 8.76. The summed E-state index contributed by atoms with van der Waals surface area (Å²) in [5.41, 5.74) is 0.132. The summed E-state index contributed by atoms with van der Waals surface area (Å²) in [5, 5.41) is 0. The van der Waals surface area contributed by atoms with E-state index in [9.17, 15) is 4.79 Å². The highest BCUT2D eigenvalue weighted by molar-refractivity contribution is 4.91. The summed E-state index contributed by atoms with van der Waals surface area (Å²) in [6.45, 7) is 1.57. The van der Waals surface area contributed by atoms with Gasteiger partial charge in [0.1, 0.15) is 0 Å². The third kappa shape index (κ3) is 1.74. The smallest absolute Gasteiger partial charge is 0.328 e. The molecule has 4 heteroatoms. The molecule has 1 saturated carbocycles. The van der Waals surface area contributed by atoms with Crippen LogP contribution >= 0.6 is 0 Å². The lowest BCUT2D eigenvalue weighted by Gasteiger charge is -2.08. The number of aromatic nitrogens is 2. The van der Waals surface area contributed by atoms with Crippen LogP contribution in [0.2, 0.25) is 0 Å². The van der Waals surface area contributed by atoms with E-state index in [0.717, 1.165) is 38.8 Å². The van der Waals surface area contributed by atoms with Crippen LogP contribution in [-0.4, -0.2) is 21.8 Å². The molecule has 4 nitrogen and oxygen atoms in total. The lowest BCUT2D eigenvalue weighted by atomic mass is 10.2. The van der Waals surface area contributed by atoms with Crippen molar-refractivity contribution >= 4 is 0 Å². The number of hydrogen-bond acceptors (Lipinski definition) is 2. The van der Waals surface area contributed by atoms with Crippen LogP contribution in [-0.2, 0) is 11.3 Å². The first-order chi connectivity index (χ1) is 7.34. The molecule has 1 aliphatic carbocycles. The number of rotatable bonds is 3. The molecule has 1 aromatic heterocycles. The molecule has 3 rings (SSSR count). The minimum atomic E-state index is 0.132. The van der Waals surface area contributed by atoms with Gasteiger partial charge in [-0.1, -0.05) is 0 Å². The molecule has 1 aromatic rings. The predicted octanol–water partition coefficient (Wildman–Crippen LogP) is 1.16. The van der Waals surface area contributed by atoms with Crippen molar-refractivity contribution in [2.24, 2.45) is 0 Å². The van der Waals surface area contributed by atoms with Crippen LogP contribution in [0.15, 0.2) is 17.2 Å². The Morgan fingerprint density at radius 1 is 1.33 bits per heavy atom. The quantitative estimate of drug-likeness (QED) is 0.747. The van der Waals surface area contributed by atoms with Gasteiger partial charge < -0.3 is 4.74 Å². The first kappa shape index (κ1) is 9.21. The number of nitrogens with zero attached hydrogens (tertiary/aromatic N) is 2. The van der Waals surface area contributed by atoms with Crippen molar-refractivity contribution < 1.29 is 4.74 Å². The minimum Gasteiger partial charge on any atom is -0.376 e. The van der Waals surface area contributed by atoms with Crippen molar-refractivity contribution in [1.82, 2.24) is 9.13 Å². The maximum Gasteiger partial charge on any atom is 0.328 e. The van der Waals surface area contributed by atoms with Crippen LogP contribution < -0.4 is 5.69 Å². The van der Waals surface area contributed by atoms with Crippen LogP contribution in [0.3, 0.4) is 0 Å². The van der Waals surface area contributed by atoms with Crippen LogP contribution in [0.1, 0.15) is 31.7 Å². The van der Waals surface area contributed by atoms with Gasteiger partial charge in [-0.3, -0.25) is 9.13 Å².